The quantitative estimate of drug-likeness (QED) is 0.806. The molecule has 0 saturated carbocycles. The van der Waals surface area contributed by atoms with Gasteiger partial charge in [-0.3, -0.25) is 0 Å². The van der Waals surface area contributed by atoms with Gasteiger partial charge in [0.15, 0.2) is 0 Å². The molecule has 0 aliphatic carbocycles. The first-order chi connectivity index (χ1) is 7.24. The van der Waals surface area contributed by atoms with Crippen LogP contribution in [-0.2, 0) is 0 Å². The van der Waals surface area contributed by atoms with Crippen molar-refractivity contribution in [2.24, 2.45) is 4.99 Å². The van der Waals surface area contributed by atoms with Crippen molar-refractivity contribution in [1.29, 1.82) is 0 Å². The van der Waals surface area contributed by atoms with E-state index in [1.165, 1.54) is 0 Å². The van der Waals surface area contributed by atoms with Crippen molar-refractivity contribution in [2.45, 2.75) is 0 Å². The number of ether oxygens (including phenoxy) is 1. The fourth-order valence-corrected chi connectivity index (χ4v) is 1.45. The second-order valence-electron chi connectivity index (χ2n) is 2.91. The lowest BCUT2D eigenvalue weighted by atomic mass is 10.3. The third-order valence-electron chi connectivity index (χ3n) is 1.78. The van der Waals surface area contributed by atoms with E-state index in [4.69, 9.17) is 16.3 Å². The zero-order chi connectivity index (χ0) is 10.7. The molecule has 1 N–H and O–H groups in total. The molecule has 0 bridgehead atoms. The van der Waals surface area contributed by atoms with Gasteiger partial charge in [0.05, 0.1) is 17.4 Å². The second kappa shape index (κ2) is 4.68. The molecule has 0 saturated heterocycles. The van der Waals surface area contributed by atoms with Crippen LogP contribution in [0.15, 0.2) is 40.1 Å². The Morgan fingerprint density at radius 2 is 2.07 bits per heavy atom. The fraction of sp³-hybridized carbons (Fsp3) is 0.100. The molecular formula is C10H8BrClN2O. The summed E-state index contributed by atoms with van der Waals surface area (Å²) in [5.74, 6) is 1.35. The topological polar surface area (TPSA) is 33.6 Å². The molecule has 0 atom stereocenters. The summed E-state index contributed by atoms with van der Waals surface area (Å²) in [6.07, 6.45) is 1.66. The highest BCUT2D eigenvalue weighted by atomic mass is 79.9. The Bertz CT molecular complexity index is 414. The zero-order valence-electron chi connectivity index (χ0n) is 7.71. The Morgan fingerprint density at radius 1 is 1.33 bits per heavy atom. The summed E-state index contributed by atoms with van der Waals surface area (Å²) in [6.45, 7) is 0.569. The van der Waals surface area contributed by atoms with E-state index in [1.54, 1.807) is 30.5 Å². The SMILES string of the molecule is Clc1ccc(OC2=NC=C(Br)NC2)cc1. The van der Waals surface area contributed by atoms with Crippen LogP contribution in [0.1, 0.15) is 0 Å². The van der Waals surface area contributed by atoms with Gasteiger partial charge in [0.2, 0.25) is 5.90 Å². The van der Waals surface area contributed by atoms with E-state index in [9.17, 15) is 0 Å². The normalized spacial score (nSPS) is 15.1. The van der Waals surface area contributed by atoms with Crippen LogP contribution >= 0.6 is 27.5 Å². The number of benzene rings is 1. The molecule has 0 aromatic heterocycles. The largest absolute Gasteiger partial charge is 0.441 e. The number of halogens is 2. The first-order valence-corrected chi connectivity index (χ1v) is 5.51. The molecule has 15 heavy (non-hydrogen) atoms. The molecule has 0 amide bonds. The monoisotopic (exact) mass is 286 g/mol. The number of rotatable bonds is 1. The number of nitrogens with one attached hydrogen (secondary N) is 1. The predicted octanol–water partition coefficient (Wildman–Crippen LogP) is 2.91. The molecule has 3 nitrogen and oxygen atoms in total. The third kappa shape index (κ3) is 2.97. The van der Waals surface area contributed by atoms with Crippen LogP contribution in [0, 0.1) is 0 Å². The molecule has 0 fully saturated rings. The van der Waals surface area contributed by atoms with Crippen molar-refractivity contribution < 1.29 is 4.74 Å². The van der Waals surface area contributed by atoms with Crippen LogP contribution in [0.4, 0.5) is 0 Å². The molecule has 1 aromatic rings. The maximum atomic E-state index is 5.76. The van der Waals surface area contributed by atoms with Gasteiger partial charge in [-0.25, -0.2) is 4.99 Å². The Kier molecular flexibility index (Phi) is 3.28. The van der Waals surface area contributed by atoms with Crippen LogP contribution in [0.3, 0.4) is 0 Å². The Morgan fingerprint density at radius 3 is 2.67 bits per heavy atom. The summed E-state index contributed by atoms with van der Waals surface area (Å²) in [6, 6.07) is 7.16. The number of hydrogen-bond acceptors (Lipinski definition) is 3. The van der Waals surface area contributed by atoms with Crippen LogP contribution in [0.25, 0.3) is 0 Å². The van der Waals surface area contributed by atoms with Gasteiger partial charge >= 0.3 is 0 Å². The summed E-state index contributed by atoms with van der Waals surface area (Å²) >= 11 is 9.04. The summed E-state index contributed by atoms with van der Waals surface area (Å²) in [5, 5.41) is 3.75. The Balaban J connectivity index is 2.06. The van der Waals surface area contributed by atoms with Gasteiger partial charge in [-0.1, -0.05) is 11.6 Å². The highest BCUT2D eigenvalue weighted by molar-refractivity contribution is 9.11. The molecule has 1 heterocycles. The lowest BCUT2D eigenvalue weighted by molar-refractivity contribution is 0.532. The van der Waals surface area contributed by atoms with Gasteiger partial charge in [-0.15, -0.1) is 0 Å². The minimum absolute atomic E-state index is 0.569. The van der Waals surface area contributed by atoms with Crippen molar-refractivity contribution in [3.63, 3.8) is 0 Å². The van der Waals surface area contributed by atoms with E-state index < -0.39 is 0 Å². The van der Waals surface area contributed by atoms with Crippen LogP contribution in [0.2, 0.25) is 5.02 Å². The van der Waals surface area contributed by atoms with Gasteiger partial charge in [0.1, 0.15) is 5.75 Å². The molecule has 5 heteroatoms. The lowest BCUT2D eigenvalue weighted by Crippen LogP contribution is -2.27. The Labute approximate surface area is 101 Å². The highest BCUT2D eigenvalue weighted by Gasteiger charge is 2.06. The summed E-state index contributed by atoms with van der Waals surface area (Å²) in [7, 11) is 0. The minimum atomic E-state index is 0.569. The average Bonchev–Trinajstić information content (AvgIpc) is 2.25. The van der Waals surface area contributed by atoms with Crippen molar-refractivity contribution in [3.8, 4) is 5.75 Å². The first kappa shape index (κ1) is 10.5. The first-order valence-electron chi connectivity index (χ1n) is 4.34. The Hall–Kier alpha value is -1.00. The molecule has 1 aliphatic heterocycles. The predicted molar refractivity (Wildman–Crippen MR) is 64.5 cm³/mol. The van der Waals surface area contributed by atoms with E-state index >= 15 is 0 Å². The smallest absolute Gasteiger partial charge is 0.214 e. The van der Waals surface area contributed by atoms with Crippen LogP contribution < -0.4 is 10.1 Å². The van der Waals surface area contributed by atoms with E-state index in [0.717, 1.165) is 10.4 Å². The average molecular weight is 288 g/mol. The van der Waals surface area contributed by atoms with Crippen molar-refractivity contribution in [3.05, 3.63) is 40.1 Å². The molecule has 1 aromatic carbocycles. The van der Waals surface area contributed by atoms with Gasteiger partial charge in [-0.2, -0.15) is 0 Å². The van der Waals surface area contributed by atoms with Crippen molar-refractivity contribution >= 4 is 33.4 Å². The minimum Gasteiger partial charge on any atom is -0.441 e. The number of aliphatic imine (C=N–C) groups is 1. The summed E-state index contributed by atoms with van der Waals surface area (Å²) in [5.41, 5.74) is 0. The van der Waals surface area contributed by atoms with Crippen LogP contribution in [-0.4, -0.2) is 12.4 Å². The maximum absolute atomic E-state index is 5.76. The van der Waals surface area contributed by atoms with E-state index in [1.807, 2.05) is 0 Å². The van der Waals surface area contributed by atoms with E-state index in [-0.39, 0.29) is 0 Å². The second-order valence-corrected chi connectivity index (χ2v) is 4.20. The van der Waals surface area contributed by atoms with E-state index in [2.05, 4.69) is 26.2 Å². The number of hydrogen-bond donors (Lipinski definition) is 1. The number of nitrogens with zero attached hydrogens (tertiary/aromatic N) is 1. The molecule has 0 spiro atoms. The van der Waals surface area contributed by atoms with Crippen molar-refractivity contribution in [1.82, 2.24) is 5.32 Å². The molecule has 2 rings (SSSR count). The van der Waals surface area contributed by atoms with Gasteiger partial charge in [0, 0.05) is 5.02 Å². The summed E-state index contributed by atoms with van der Waals surface area (Å²) < 4.78 is 6.37. The molecule has 0 radical (unpaired) electrons. The molecule has 1 aliphatic rings. The van der Waals surface area contributed by atoms with Gasteiger partial charge in [0.25, 0.3) is 0 Å². The van der Waals surface area contributed by atoms with Crippen molar-refractivity contribution in [2.75, 3.05) is 6.54 Å². The lowest BCUT2D eigenvalue weighted by Gasteiger charge is -2.13. The highest BCUT2D eigenvalue weighted by Crippen LogP contribution is 2.16. The molecular weight excluding hydrogens is 279 g/mol. The molecule has 78 valence electrons. The molecule has 0 unspecified atom stereocenters. The zero-order valence-corrected chi connectivity index (χ0v) is 10.0. The standard InChI is InChI=1S/C10H8BrClN2O/c11-9-5-14-10(6-13-9)15-8-3-1-7(12)2-4-8/h1-5,13H,6H2. The summed E-state index contributed by atoms with van der Waals surface area (Å²) in [4.78, 5) is 4.12. The fourth-order valence-electron chi connectivity index (χ4n) is 1.08. The van der Waals surface area contributed by atoms with E-state index in [0.29, 0.717) is 17.5 Å². The van der Waals surface area contributed by atoms with Crippen LogP contribution in [0.5, 0.6) is 5.75 Å². The third-order valence-corrected chi connectivity index (χ3v) is 2.52. The van der Waals surface area contributed by atoms with Gasteiger partial charge < -0.3 is 10.1 Å². The van der Waals surface area contributed by atoms with Gasteiger partial charge in [-0.05, 0) is 40.2 Å². The maximum Gasteiger partial charge on any atom is 0.214 e.